The number of hydrogen-bond donors (Lipinski definition) is 0. The van der Waals surface area contributed by atoms with Crippen molar-refractivity contribution in [1.82, 2.24) is 4.90 Å². The number of esters is 1. The van der Waals surface area contributed by atoms with Crippen molar-refractivity contribution in [3.05, 3.63) is 65.2 Å². The molecule has 5 atom stereocenters. The fraction of sp³-hybridized carbons (Fsp3) is 0.444. The second-order valence-corrected chi connectivity index (χ2v) is 9.38. The number of carbonyl (C=O) groups is 1. The Labute approximate surface area is 179 Å². The summed E-state index contributed by atoms with van der Waals surface area (Å²) in [6, 6.07) is 17.9. The molecule has 3 heteroatoms. The van der Waals surface area contributed by atoms with E-state index in [-0.39, 0.29) is 11.9 Å². The number of nitrogens with zero attached hydrogens (tertiary/aromatic N) is 1. The maximum Gasteiger partial charge on any atom is 0.310 e. The van der Waals surface area contributed by atoms with Crippen LogP contribution in [0.2, 0.25) is 0 Å². The Morgan fingerprint density at radius 2 is 1.63 bits per heavy atom. The second-order valence-electron chi connectivity index (χ2n) is 9.38. The lowest BCUT2D eigenvalue weighted by molar-refractivity contribution is -0.154. The molecule has 0 spiro atoms. The van der Waals surface area contributed by atoms with Gasteiger partial charge in [-0.05, 0) is 61.1 Å². The molecular formula is C27H31NO2. The van der Waals surface area contributed by atoms with Gasteiger partial charge in [-0.2, -0.15) is 0 Å². The zero-order chi connectivity index (χ0) is 20.7. The van der Waals surface area contributed by atoms with Crippen LogP contribution in [0.25, 0.3) is 17.2 Å². The van der Waals surface area contributed by atoms with E-state index in [0.29, 0.717) is 12.0 Å². The first-order chi connectivity index (χ1) is 14.6. The van der Waals surface area contributed by atoms with Gasteiger partial charge in [-0.25, -0.2) is 0 Å². The Balaban J connectivity index is 1.44. The molecular weight excluding hydrogens is 370 g/mol. The summed E-state index contributed by atoms with van der Waals surface area (Å²) in [4.78, 5) is 15.3. The lowest BCUT2D eigenvalue weighted by atomic mass is 9.66. The molecule has 4 aliphatic heterocycles. The van der Waals surface area contributed by atoms with E-state index in [4.69, 9.17) is 4.74 Å². The number of aryl methyl sites for hydroxylation is 1. The maximum absolute atomic E-state index is 12.8. The van der Waals surface area contributed by atoms with Crippen molar-refractivity contribution >= 4 is 12.0 Å². The van der Waals surface area contributed by atoms with E-state index in [9.17, 15) is 4.79 Å². The van der Waals surface area contributed by atoms with Crippen LogP contribution >= 0.6 is 0 Å². The summed E-state index contributed by atoms with van der Waals surface area (Å²) in [5, 5.41) is 0. The Kier molecular flexibility index (Phi) is 5.24. The second kappa shape index (κ2) is 8.03. The minimum atomic E-state index is -0.0179. The molecule has 2 aromatic rings. The molecule has 7 rings (SSSR count). The van der Waals surface area contributed by atoms with Crippen molar-refractivity contribution in [2.24, 2.45) is 17.8 Å². The maximum atomic E-state index is 12.8. The van der Waals surface area contributed by atoms with Crippen LogP contribution in [0.4, 0.5) is 0 Å². The zero-order valence-electron chi connectivity index (χ0n) is 18.0. The number of carbonyl (C=O) groups excluding carboxylic acids is 1. The molecule has 0 amide bonds. The summed E-state index contributed by atoms with van der Waals surface area (Å²) < 4.78 is 5.27. The van der Waals surface area contributed by atoms with Crippen LogP contribution in [0.15, 0.2) is 54.1 Å². The largest absolute Gasteiger partial charge is 0.469 e. The number of rotatable bonds is 3. The summed E-state index contributed by atoms with van der Waals surface area (Å²) in [5.74, 6) is 1.09. The number of benzene rings is 2. The average Bonchev–Trinajstić information content (AvgIpc) is 2.75. The Morgan fingerprint density at radius 3 is 2.33 bits per heavy atom. The number of methoxy groups -OCH3 is 1. The van der Waals surface area contributed by atoms with E-state index >= 15 is 0 Å². The highest BCUT2D eigenvalue weighted by Crippen LogP contribution is 2.46. The van der Waals surface area contributed by atoms with Gasteiger partial charge in [-0.3, -0.25) is 9.69 Å². The third-order valence-corrected chi connectivity index (χ3v) is 7.55. The van der Waals surface area contributed by atoms with Crippen LogP contribution in [0, 0.1) is 24.7 Å². The predicted octanol–water partition coefficient (Wildman–Crippen LogP) is 5.34. The summed E-state index contributed by atoms with van der Waals surface area (Å²) in [6.07, 6.45) is 7.08. The Hall–Kier alpha value is -2.39. The van der Waals surface area contributed by atoms with Crippen molar-refractivity contribution in [3.63, 3.8) is 0 Å². The Bertz CT molecular complexity index is 944. The van der Waals surface area contributed by atoms with Crippen molar-refractivity contribution in [3.8, 4) is 11.1 Å². The molecule has 156 valence electrons. The van der Waals surface area contributed by atoms with E-state index in [1.807, 2.05) is 0 Å². The molecule has 5 unspecified atom stereocenters. The molecule has 0 aromatic heterocycles. The molecule has 1 saturated carbocycles. The predicted molar refractivity (Wildman–Crippen MR) is 121 cm³/mol. The van der Waals surface area contributed by atoms with Crippen LogP contribution in [-0.4, -0.2) is 37.1 Å². The molecule has 4 heterocycles. The van der Waals surface area contributed by atoms with Gasteiger partial charge < -0.3 is 4.74 Å². The number of piperidine rings is 2. The molecule has 2 aromatic carbocycles. The third kappa shape index (κ3) is 3.60. The van der Waals surface area contributed by atoms with Crippen LogP contribution in [0.3, 0.4) is 0 Å². The molecule has 4 saturated heterocycles. The topological polar surface area (TPSA) is 29.5 Å². The van der Waals surface area contributed by atoms with E-state index in [1.165, 1.54) is 40.7 Å². The van der Waals surface area contributed by atoms with Crippen molar-refractivity contribution in [2.45, 2.75) is 38.6 Å². The average molecular weight is 402 g/mol. The van der Waals surface area contributed by atoms with Crippen LogP contribution in [0.5, 0.6) is 0 Å². The van der Waals surface area contributed by atoms with Gasteiger partial charge in [0.1, 0.15) is 0 Å². The molecule has 5 aliphatic rings. The number of ether oxygens (including phenoxy) is 1. The van der Waals surface area contributed by atoms with Gasteiger partial charge in [0.25, 0.3) is 0 Å². The van der Waals surface area contributed by atoms with Gasteiger partial charge in [-0.15, -0.1) is 0 Å². The molecule has 5 fully saturated rings. The van der Waals surface area contributed by atoms with Crippen LogP contribution in [-0.2, 0) is 9.53 Å². The molecule has 3 nitrogen and oxygen atoms in total. The van der Waals surface area contributed by atoms with Crippen molar-refractivity contribution in [2.75, 3.05) is 20.2 Å². The first-order valence-electron chi connectivity index (χ1n) is 11.3. The van der Waals surface area contributed by atoms with E-state index < -0.39 is 0 Å². The summed E-state index contributed by atoms with van der Waals surface area (Å²) in [6.45, 7) is 4.25. The van der Waals surface area contributed by atoms with Crippen molar-refractivity contribution < 1.29 is 9.53 Å². The van der Waals surface area contributed by atoms with Gasteiger partial charge in [0.05, 0.1) is 13.0 Å². The minimum absolute atomic E-state index is 0.0110. The van der Waals surface area contributed by atoms with E-state index in [2.05, 4.69) is 66.4 Å². The summed E-state index contributed by atoms with van der Waals surface area (Å²) in [5.41, 5.74) is 6.40. The smallest absolute Gasteiger partial charge is 0.310 e. The van der Waals surface area contributed by atoms with Gasteiger partial charge in [0, 0.05) is 19.1 Å². The fourth-order valence-electron chi connectivity index (χ4n) is 5.94. The number of fused-ring (bicyclic) bond motifs is 2. The first-order valence-corrected chi connectivity index (χ1v) is 11.3. The number of hydrogen-bond acceptors (Lipinski definition) is 3. The lowest BCUT2D eigenvalue weighted by Crippen LogP contribution is -2.58. The summed E-state index contributed by atoms with van der Waals surface area (Å²) >= 11 is 0. The monoisotopic (exact) mass is 401 g/mol. The van der Waals surface area contributed by atoms with Crippen LogP contribution < -0.4 is 0 Å². The first kappa shape index (κ1) is 19.6. The van der Waals surface area contributed by atoms with Crippen LogP contribution in [0.1, 0.15) is 36.8 Å². The quantitative estimate of drug-likeness (QED) is 0.650. The van der Waals surface area contributed by atoms with E-state index in [1.54, 1.807) is 7.11 Å². The highest BCUT2D eigenvalue weighted by molar-refractivity contribution is 5.75. The van der Waals surface area contributed by atoms with Gasteiger partial charge in [-0.1, -0.05) is 65.7 Å². The molecule has 30 heavy (non-hydrogen) atoms. The third-order valence-electron chi connectivity index (χ3n) is 7.55. The standard InChI is InChI=1S/C27H31NO2/c1-18-3-9-21(10-4-18)22-11-5-19(6-12-22)15-23-17-28-16-20-7-13-24(23)26(27(29)30-2)25(28)14-8-20/h3-6,9-12,15,20,24-26H,7-8,13-14,16-17H2,1-2H3/b23-15+. The summed E-state index contributed by atoms with van der Waals surface area (Å²) in [7, 11) is 1.54. The van der Waals surface area contributed by atoms with Gasteiger partial charge >= 0.3 is 5.97 Å². The highest BCUT2D eigenvalue weighted by Gasteiger charge is 2.49. The SMILES string of the molecule is COC(=O)C1C2CCC3CCC1N(C/C2=C\c1ccc(-c2ccc(C)cc2)cc1)C3. The fourth-order valence-corrected chi connectivity index (χ4v) is 5.94. The van der Waals surface area contributed by atoms with Gasteiger partial charge in [0.15, 0.2) is 0 Å². The van der Waals surface area contributed by atoms with E-state index in [0.717, 1.165) is 31.8 Å². The normalized spacial score (nSPS) is 31.4. The molecule has 4 bridgehead atoms. The molecule has 0 radical (unpaired) electrons. The minimum Gasteiger partial charge on any atom is -0.469 e. The van der Waals surface area contributed by atoms with Gasteiger partial charge in [0.2, 0.25) is 0 Å². The molecule has 1 aliphatic carbocycles. The van der Waals surface area contributed by atoms with Crippen molar-refractivity contribution in [1.29, 1.82) is 0 Å². The highest BCUT2D eigenvalue weighted by atomic mass is 16.5. The lowest BCUT2D eigenvalue weighted by Gasteiger charge is -2.52. The Morgan fingerprint density at radius 1 is 0.967 bits per heavy atom. The molecule has 0 N–H and O–H groups in total. The zero-order valence-corrected chi connectivity index (χ0v) is 18.0.